The van der Waals surface area contributed by atoms with Gasteiger partial charge in [0.1, 0.15) is 11.9 Å². The Morgan fingerprint density at radius 2 is 2.11 bits per heavy atom. The summed E-state index contributed by atoms with van der Waals surface area (Å²) in [6.07, 6.45) is 4.78. The molecule has 0 amide bonds. The molecule has 1 rings (SSSR count). The number of aliphatic hydroxyl groups is 2. The van der Waals surface area contributed by atoms with E-state index in [0.29, 0.717) is 0 Å². The number of aliphatic hydroxyl groups excluding tert-OH is 2. The predicted octanol–water partition coefficient (Wildman–Crippen LogP) is 1.59. The molecule has 0 aromatic carbocycles. The van der Waals surface area contributed by atoms with E-state index in [0.717, 1.165) is 0 Å². The number of ether oxygens (including phenoxy) is 1. The fourth-order valence-electron chi connectivity index (χ4n) is 1.74. The molecule has 0 saturated carbocycles. The monoisotopic (exact) mass is 266 g/mol. The molecule has 5 nitrogen and oxygen atoms in total. The zero-order chi connectivity index (χ0) is 14.6. The van der Waals surface area contributed by atoms with Crippen molar-refractivity contribution in [2.45, 2.75) is 38.9 Å². The molecule has 1 aliphatic heterocycles. The number of allylic oxidation sites excluding steroid dienone is 4. The van der Waals surface area contributed by atoms with E-state index in [9.17, 15) is 19.8 Å². The first-order chi connectivity index (χ1) is 8.82. The van der Waals surface area contributed by atoms with E-state index in [-0.39, 0.29) is 23.5 Å². The SMILES string of the molecule is C/C=C/C=C/C(=O)CC(O)[C@]1(C)OC(=O)C(C)=C1O. The van der Waals surface area contributed by atoms with Gasteiger partial charge < -0.3 is 14.9 Å². The van der Waals surface area contributed by atoms with Crippen LogP contribution in [0.4, 0.5) is 0 Å². The van der Waals surface area contributed by atoms with Crippen molar-refractivity contribution in [2.75, 3.05) is 0 Å². The van der Waals surface area contributed by atoms with Crippen molar-refractivity contribution in [1.29, 1.82) is 0 Å². The summed E-state index contributed by atoms with van der Waals surface area (Å²) in [5.41, 5.74) is -1.50. The number of carbonyl (C=O) groups excluding carboxylic acids is 2. The Morgan fingerprint density at radius 1 is 1.47 bits per heavy atom. The molecule has 0 radical (unpaired) electrons. The quantitative estimate of drug-likeness (QED) is 0.448. The second-order valence-electron chi connectivity index (χ2n) is 4.54. The topological polar surface area (TPSA) is 83.8 Å². The molecule has 0 bridgehead atoms. The van der Waals surface area contributed by atoms with E-state index in [4.69, 9.17) is 4.74 Å². The van der Waals surface area contributed by atoms with E-state index < -0.39 is 17.7 Å². The maximum absolute atomic E-state index is 11.6. The molecule has 1 unspecified atom stereocenters. The third kappa shape index (κ3) is 3.12. The smallest absolute Gasteiger partial charge is 0.338 e. The highest BCUT2D eigenvalue weighted by molar-refractivity contribution is 5.93. The van der Waals surface area contributed by atoms with Gasteiger partial charge in [0.2, 0.25) is 0 Å². The minimum Gasteiger partial charge on any atom is -0.507 e. The third-order valence-electron chi connectivity index (χ3n) is 3.05. The maximum Gasteiger partial charge on any atom is 0.338 e. The second kappa shape index (κ2) is 5.84. The third-order valence-corrected chi connectivity index (χ3v) is 3.05. The molecule has 0 fully saturated rings. The average Bonchev–Trinajstić information content (AvgIpc) is 2.55. The van der Waals surface area contributed by atoms with Gasteiger partial charge in [0.05, 0.1) is 5.57 Å². The van der Waals surface area contributed by atoms with Crippen LogP contribution in [0.25, 0.3) is 0 Å². The molecule has 0 aromatic heterocycles. The Balaban J connectivity index is 2.77. The normalized spacial score (nSPS) is 25.4. The van der Waals surface area contributed by atoms with E-state index >= 15 is 0 Å². The van der Waals surface area contributed by atoms with Gasteiger partial charge in [-0.3, -0.25) is 4.79 Å². The largest absolute Gasteiger partial charge is 0.507 e. The maximum atomic E-state index is 11.6. The lowest BCUT2D eigenvalue weighted by molar-refractivity contribution is -0.158. The van der Waals surface area contributed by atoms with Gasteiger partial charge in [0, 0.05) is 6.42 Å². The van der Waals surface area contributed by atoms with Crippen molar-refractivity contribution in [3.63, 3.8) is 0 Å². The van der Waals surface area contributed by atoms with Crippen LogP contribution in [0.5, 0.6) is 0 Å². The van der Waals surface area contributed by atoms with Gasteiger partial charge in [0.25, 0.3) is 0 Å². The number of carbonyl (C=O) groups is 2. The number of rotatable bonds is 5. The fraction of sp³-hybridized carbons (Fsp3) is 0.429. The Morgan fingerprint density at radius 3 is 2.58 bits per heavy atom. The highest BCUT2D eigenvalue weighted by Gasteiger charge is 2.48. The van der Waals surface area contributed by atoms with Gasteiger partial charge in [-0.1, -0.05) is 18.2 Å². The van der Waals surface area contributed by atoms with Gasteiger partial charge in [-0.25, -0.2) is 4.79 Å². The lowest BCUT2D eigenvalue weighted by atomic mass is 9.92. The first-order valence-corrected chi connectivity index (χ1v) is 5.96. The second-order valence-corrected chi connectivity index (χ2v) is 4.54. The summed E-state index contributed by atoms with van der Waals surface area (Å²) in [5, 5.41) is 19.8. The standard InChI is InChI=1S/C14H18O5/c1-4-5-6-7-10(15)8-11(16)14(3)12(17)9(2)13(18)19-14/h4-7,11,16-17H,8H2,1-3H3/b5-4+,7-6+/t11?,14-/m0/s1. The van der Waals surface area contributed by atoms with Gasteiger partial charge in [-0.05, 0) is 26.8 Å². The number of esters is 1. The predicted molar refractivity (Wildman–Crippen MR) is 69.4 cm³/mol. The van der Waals surface area contributed by atoms with Crippen molar-refractivity contribution >= 4 is 11.8 Å². The molecule has 0 spiro atoms. The number of hydrogen-bond donors (Lipinski definition) is 2. The zero-order valence-corrected chi connectivity index (χ0v) is 11.2. The molecular formula is C14H18O5. The van der Waals surface area contributed by atoms with Crippen molar-refractivity contribution in [1.82, 2.24) is 0 Å². The first-order valence-electron chi connectivity index (χ1n) is 5.96. The van der Waals surface area contributed by atoms with Crippen LogP contribution >= 0.6 is 0 Å². The summed E-state index contributed by atoms with van der Waals surface area (Å²) in [7, 11) is 0. The summed E-state index contributed by atoms with van der Waals surface area (Å²) in [4.78, 5) is 22.9. The molecule has 1 heterocycles. The zero-order valence-electron chi connectivity index (χ0n) is 11.2. The van der Waals surface area contributed by atoms with Crippen LogP contribution in [-0.4, -0.2) is 33.7 Å². The summed E-state index contributed by atoms with van der Waals surface area (Å²) in [6.45, 7) is 4.60. The molecule has 2 atom stereocenters. The van der Waals surface area contributed by atoms with Gasteiger partial charge >= 0.3 is 5.97 Å². The minimum absolute atomic E-state index is 0.0541. The Kier molecular flexibility index (Phi) is 4.67. The van der Waals surface area contributed by atoms with Crippen LogP contribution in [0.2, 0.25) is 0 Å². The van der Waals surface area contributed by atoms with Crippen molar-refractivity contribution in [3.05, 3.63) is 35.6 Å². The van der Waals surface area contributed by atoms with Crippen molar-refractivity contribution in [3.8, 4) is 0 Å². The van der Waals surface area contributed by atoms with Crippen LogP contribution in [0, 0.1) is 0 Å². The van der Waals surface area contributed by atoms with Crippen LogP contribution in [0.1, 0.15) is 27.2 Å². The lowest BCUT2D eigenvalue weighted by Gasteiger charge is -2.28. The summed E-state index contributed by atoms with van der Waals surface area (Å²) in [6, 6.07) is 0. The molecule has 1 aliphatic rings. The molecule has 0 aliphatic carbocycles. The minimum atomic E-state index is -1.55. The van der Waals surface area contributed by atoms with Crippen molar-refractivity contribution in [2.24, 2.45) is 0 Å². The molecule has 5 heteroatoms. The van der Waals surface area contributed by atoms with Gasteiger partial charge in [0.15, 0.2) is 11.4 Å². The highest BCUT2D eigenvalue weighted by atomic mass is 16.6. The van der Waals surface area contributed by atoms with Crippen LogP contribution in [0.3, 0.4) is 0 Å². The molecule has 0 saturated heterocycles. The number of ketones is 1. The summed E-state index contributed by atoms with van der Waals surface area (Å²) >= 11 is 0. The number of hydrogen-bond acceptors (Lipinski definition) is 5. The molecule has 2 N–H and O–H groups in total. The van der Waals surface area contributed by atoms with E-state index in [1.807, 2.05) is 6.92 Å². The summed E-state index contributed by atoms with van der Waals surface area (Å²) in [5.74, 6) is -1.33. The van der Waals surface area contributed by atoms with Crippen LogP contribution < -0.4 is 0 Å². The van der Waals surface area contributed by atoms with Gasteiger partial charge in [-0.15, -0.1) is 0 Å². The lowest BCUT2D eigenvalue weighted by Crippen LogP contribution is -2.43. The van der Waals surface area contributed by atoms with Crippen LogP contribution in [-0.2, 0) is 14.3 Å². The molecular weight excluding hydrogens is 248 g/mol. The molecule has 0 aromatic rings. The number of cyclic esters (lactones) is 1. The highest BCUT2D eigenvalue weighted by Crippen LogP contribution is 2.34. The van der Waals surface area contributed by atoms with E-state index in [1.165, 1.54) is 19.9 Å². The Hall–Kier alpha value is -1.88. The van der Waals surface area contributed by atoms with E-state index in [1.54, 1.807) is 18.2 Å². The van der Waals surface area contributed by atoms with E-state index in [2.05, 4.69) is 0 Å². The van der Waals surface area contributed by atoms with Gasteiger partial charge in [-0.2, -0.15) is 0 Å². The fourth-order valence-corrected chi connectivity index (χ4v) is 1.74. The Bertz CT molecular complexity index is 472. The molecule has 104 valence electrons. The van der Waals surface area contributed by atoms with Crippen LogP contribution in [0.15, 0.2) is 35.6 Å². The average molecular weight is 266 g/mol. The molecule has 19 heavy (non-hydrogen) atoms. The Labute approximate surface area is 111 Å². The summed E-state index contributed by atoms with van der Waals surface area (Å²) < 4.78 is 4.96. The first kappa shape index (κ1) is 15.2. The van der Waals surface area contributed by atoms with Crippen molar-refractivity contribution < 1.29 is 24.5 Å².